The molecule has 0 aliphatic heterocycles. The summed E-state index contributed by atoms with van der Waals surface area (Å²) in [5, 5.41) is 0. The molecule has 0 spiro atoms. The molecule has 0 radical (unpaired) electrons. The highest BCUT2D eigenvalue weighted by Gasteiger charge is 2.32. The fourth-order valence-corrected chi connectivity index (χ4v) is 1.97. The molecule has 0 saturated carbocycles. The van der Waals surface area contributed by atoms with Crippen molar-refractivity contribution in [2.24, 2.45) is 0 Å². The Balaban J connectivity index is 3.02. The Bertz CT molecular complexity index is 298. The zero-order chi connectivity index (χ0) is 11.5. The van der Waals surface area contributed by atoms with Gasteiger partial charge in [0.25, 0.3) is 0 Å². The van der Waals surface area contributed by atoms with Gasteiger partial charge in [-0.2, -0.15) is 0 Å². The third-order valence-electron chi connectivity index (χ3n) is 2.45. The van der Waals surface area contributed by atoms with Crippen molar-refractivity contribution >= 4 is 11.6 Å². The van der Waals surface area contributed by atoms with E-state index in [0.717, 1.165) is 12.1 Å². The summed E-state index contributed by atoms with van der Waals surface area (Å²) in [5.41, 5.74) is 1.13. The van der Waals surface area contributed by atoms with Crippen molar-refractivity contribution in [3.63, 3.8) is 0 Å². The Labute approximate surface area is 97.4 Å². The lowest BCUT2D eigenvalue weighted by atomic mass is 10.1. The number of nitrogens with zero attached hydrogens (tertiary/aromatic N) is 2. The molecule has 1 aromatic rings. The molecule has 0 aliphatic carbocycles. The predicted octanol–water partition coefficient (Wildman–Crippen LogP) is 2.20. The molecule has 3 heteroatoms. The molecule has 0 fully saturated rings. The lowest BCUT2D eigenvalue weighted by Gasteiger charge is -2.36. The van der Waals surface area contributed by atoms with Crippen molar-refractivity contribution in [1.82, 2.24) is 9.80 Å². The maximum Gasteiger partial charge on any atom is 0.134 e. The molecule has 0 amide bonds. The Hall–Kier alpha value is -0.570. The highest BCUT2D eigenvalue weighted by Crippen LogP contribution is 2.31. The highest BCUT2D eigenvalue weighted by atomic mass is 35.5. The average Bonchev–Trinajstić information content (AvgIpc) is 2.17. The van der Waals surface area contributed by atoms with E-state index in [0.29, 0.717) is 0 Å². The summed E-state index contributed by atoms with van der Waals surface area (Å²) in [7, 11) is 8.07. The van der Waals surface area contributed by atoms with Crippen molar-refractivity contribution in [3.05, 3.63) is 35.9 Å². The summed E-state index contributed by atoms with van der Waals surface area (Å²) in [4.78, 5) is 3.69. The Morgan fingerprint density at radius 1 is 1.07 bits per heavy atom. The monoisotopic (exact) mass is 226 g/mol. The molecular weight excluding hydrogens is 208 g/mol. The van der Waals surface area contributed by atoms with Crippen LogP contribution in [0.3, 0.4) is 0 Å². The van der Waals surface area contributed by atoms with E-state index in [9.17, 15) is 0 Å². The van der Waals surface area contributed by atoms with E-state index in [-0.39, 0.29) is 0 Å². The van der Waals surface area contributed by atoms with Gasteiger partial charge in [-0.3, -0.25) is 4.90 Å². The summed E-state index contributed by atoms with van der Waals surface area (Å²) in [5.74, 6) is 0. The van der Waals surface area contributed by atoms with Gasteiger partial charge in [-0.1, -0.05) is 41.9 Å². The standard InChI is InChI=1S/C12H19ClN2/c1-14(2)10-12(13,15(3)4)11-8-6-5-7-9-11/h5-9H,10H2,1-4H3. The van der Waals surface area contributed by atoms with Crippen LogP contribution in [-0.4, -0.2) is 44.5 Å². The first-order valence-electron chi connectivity index (χ1n) is 5.03. The van der Waals surface area contributed by atoms with Gasteiger partial charge < -0.3 is 4.90 Å². The van der Waals surface area contributed by atoms with E-state index < -0.39 is 5.00 Å². The van der Waals surface area contributed by atoms with Gasteiger partial charge in [0.2, 0.25) is 0 Å². The quantitative estimate of drug-likeness (QED) is 0.574. The van der Waals surface area contributed by atoms with Crippen LogP contribution in [-0.2, 0) is 5.00 Å². The van der Waals surface area contributed by atoms with Gasteiger partial charge in [0.15, 0.2) is 0 Å². The minimum absolute atomic E-state index is 0.454. The normalized spacial score (nSPS) is 15.7. The fourth-order valence-electron chi connectivity index (χ4n) is 1.60. The van der Waals surface area contributed by atoms with Gasteiger partial charge in [0.05, 0.1) is 0 Å². The van der Waals surface area contributed by atoms with E-state index in [1.165, 1.54) is 0 Å². The predicted molar refractivity (Wildman–Crippen MR) is 66.2 cm³/mol. The highest BCUT2D eigenvalue weighted by molar-refractivity contribution is 6.23. The van der Waals surface area contributed by atoms with Gasteiger partial charge in [0, 0.05) is 6.54 Å². The van der Waals surface area contributed by atoms with Crippen LogP contribution in [0.1, 0.15) is 5.56 Å². The first kappa shape index (κ1) is 12.5. The molecule has 1 aromatic carbocycles. The second kappa shape index (κ2) is 4.97. The third kappa shape index (κ3) is 2.94. The van der Waals surface area contributed by atoms with Gasteiger partial charge >= 0.3 is 0 Å². The van der Waals surface area contributed by atoms with E-state index in [1.54, 1.807) is 0 Å². The topological polar surface area (TPSA) is 6.48 Å². The molecule has 0 heterocycles. The van der Waals surface area contributed by atoms with Crippen LogP contribution in [0.15, 0.2) is 30.3 Å². The molecule has 0 saturated heterocycles. The smallest absolute Gasteiger partial charge is 0.134 e. The van der Waals surface area contributed by atoms with E-state index >= 15 is 0 Å². The Morgan fingerprint density at radius 2 is 1.60 bits per heavy atom. The van der Waals surface area contributed by atoms with Crippen LogP contribution in [0.4, 0.5) is 0 Å². The van der Waals surface area contributed by atoms with Crippen molar-refractivity contribution in [1.29, 1.82) is 0 Å². The molecule has 15 heavy (non-hydrogen) atoms. The summed E-state index contributed by atoms with van der Waals surface area (Å²) in [6.45, 7) is 0.783. The molecule has 0 N–H and O–H groups in total. The molecule has 2 nitrogen and oxygen atoms in total. The van der Waals surface area contributed by atoms with E-state index in [4.69, 9.17) is 11.6 Å². The molecule has 0 bridgehead atoms. The minimum Gasteiger partial charge on any atom is -0.306 e. The largest absolute Gasteiger partial charge is 0.306 e. The van der Waals surface area contributed by atoms with Crippen LogP contribution in [0.5, 0.6) is 0 Å². The van der Waals surface area contributed by atoms with Gasteiger partial charge in [-0.25, -0.2) is 0 Å². The van der Waals surface area contributed by atoms with Crippen molar-refractivity contribution in [2.75, 3.05) is 34.7 Å². The number of halogens is 1. The number of hydrogen-bond donors (Lipinski definition) is 0. The molecule has 1 rings (SSSR count). The Kier molecular flexibility index (Phi) is 4.14. The minimum atomic E-state index is -0.454. The van der Waals surface area contributed by atoms with Crippen LogP contribution < -0.4 is 0 Å². The zero-order valence-electron chi connectivity index (χ0n) is 9.87. The molecule has 1 unspecified atom stereocenters. The maximum absolute atomic E-state index is 6.68. The number of likely N-dealkylation sites (N-methyl/N-ethyl adjacent to an activating group) is 2. The first-order valence-corrected chi connectivity index (χ1v) is 5.41. The summed E-state index contributed by atoms with van der Waals surface area (Å²) in [6.07, 6.45) is 0. The number of rotatable bonds is 4. The molecule has 0 aromatic heterocycles. The number of alkyl halides is 1. The average molecular weight is 227 g/mol. The summed E-state index contributed by atoms with van der Waals surface area (Å²) in [6, 6.07) is 10.2. The van der Waals surface area contributed by atoms with Crippen molar-refractivity contribution < 1.29 is 0 Å². The molecular formula is C12H19ClN2. The number of hydrogen-bond acceptors (Lipinski definition) is 2. The molecule has 84 valence electrons. The SMILES string of the molecule is CN(C)CC(Cl)(c1ccccc1)N(C)C. The third-order valence-corrected chi connectivity index (χ3v) is 3.13. The van der Waals surface area contributed by atoms with E-state index in [1.807, 2.05) is 51.3 Å². The zero-order valence-corrected chi connectivity index (χ0v) is 10.6. The number of benzene rings is 1. The molecule has 0 aliphatic rings. The lowest BCUT2D eigenvalue weighted by molar-refractivity contribution is 0.191. The van der Waals surface area contributed by atoms with Gasteiger partial charge in [-0.15, -0.1) is 0 Å². The fraction of sp³-hybridized carbons (Fsp3) is 0.500. The van der Waals surface area contributed by atoms with Crippen molar-refractivity contribution in [3.8, 4) is 0 Å². The van der Waals surface area contributed by atoms with Crippen LogP contribution in [0.2, 0.25) is 0 Å². The van der Waals surface area contributed by atoms with Crippen LogP contribution in [0, 0.1) is 0 Å². The van der Waals surface area contributed by atoms with Crippen LogP contribution >= 0.6 is 11.6 Å². The summed E-state index contributed by atoms with van der Waals surface area (Å²) < 4.78 is 0. The second-order valence-electron chi connectivity index (χ2n) is 4.26. The lowest BCUT2D eigenvalue weighted by Crippen LogP contribution is -2.44. The maximum atomic E-state index is 6.68. The molecule has 1 atom stereocenters. The second-order valence-corrected chi connectivity index (χ2v) is 4.88. The first-order chi connectivity index (χ1) is 6.97. The van der Waals surface area contributed by atoms with Crippen LogP contribution in [0.25, 0.3) is 0 Å². The summed E-state index contributed by atoms with van der Waals surface area (Å²) >= 11 is 6.68. The van der Waals surface area contributed by atoms with Gasteiger partial charge in [0.1, 0.15) is 5.00 Å². The van der Waals surface area contributed by atoms with E-state index in [2.05, 4.69) is 17.0 Å². The van der Waals surface area contributed by atoms with Gasteiger partial charge in [-0.05, 0) is 33.8 Å². The Morgan fingerprint density at radius 3 is 2.00 bits per heavy atom. The van der Waals surface area contributed by atoms with Crippen molar-refractivity contribution in [2.45, 2.75) is 5.00 Å².